The van der Waals surface area contributed by atoms with Crippen LogP contribution in [0.4, 0.5) is 10.5 Å². The van der Waals surface area contributed by atoms with E-state index in [1.54, 1.807) is 18.6 Å². The van der Waals surface area contributed by atoms with Gasteiger partial charge < -0.3 is 19.9 Å². The molecule has 2 aromatic heterocycles. The molecule has 7 nitrogen and oxygen atoms in total. The molecule has 1 aliphatic heterocycles. The van der Waals surface area contributed by atoms with Crippen LogP contribution in [0.3, 0.4) is 0 Å². The summed E-state index contributed by atoms with van der Waals surface area (Å²) in [5, 5.41) is 5.86. The number of imidazole rings is 1. The minimum atomic E-state index is -0.203. The first-order valence-electron chi connectivity index (χ1n) is 7.70. The number of nitrogens with zero attached hydrogens (tertiary/aromatic N) is 3. The van der Waals surface area contributed by atoms with Crippen LogP contribution in [0.1, 0.15) is 30.3 Å². The minimum Gasteiger partial charge on any atom is -0.372 e. The molecule has 0 bridgehead atoms. The predicted octanol–water partition coefficient (Wildman–Crippen LogP) is 2.17. The van der Waals surface area contributed by atoms with Crippen LogP contribution in [0, 0.1) is 6.92 Å². The number of amides is 2. The van der Waals surface area contributed by atoms with Crippen molar-refractivity contribution in [1.82, 2.24) is 19.9 Å². The monoisotopic (exact) mass is 315 g/mol. The summed E-state index contributed by atoms with van der Waals surface area (Å²) < 4.78 is 7.76. The van der Waals surface area contributed by atoms with Crippen molar-refractivity contribution < 1.29 is 9.53 Å². The molecule has 0 unspecified atom stereocenters. The van der Waals surface area contributed by atoms with Crippen LogP contribution >= 0.6 is 0 Å². The lowest BCUT2D eigenvalue weighted by Crippen LogP contribution is -2.42. The Labute approximate surface area is 135 Å². The Balaban J connectivity index is 1.57. The molecule has 0 spiro atoms. The Kier molecular flexibility index (Phi) is 4.57. The van der Waals surface area contributed by atoms with Crippen LogP contribution in [0.15, 0.2) is 30.9 Å². The summed E-state index contributed by atoms with van der Waals surface area (Å²) in [5.41, 5.74) is 2.64. The number of hydrogen-bond donors (Lipinski definition) is 2. The van der Waals surface area contributed by atoms with E-state index in [9.17, 15) is 4.79 Å². The molecule has 1 aliphatic rings. The normalized spacial score (nSPS) is 21.0. The summed E-state index contributed by atoms with van der Waals surface area (Å²) in [7, 11) is 1.95. The highest BCUT2D eigenvalue weighted by Crippen LogP contribution is 2.27. The summed E-state index contributed by atoms with van der Waals surface area (Å²) in [6, 6.07) is 3.48. The molecule has 0 saturated carbocycles. The summed E-state index contributed by atoms with van der Waals surface area (Å²) in [5.74, 6) is 0. The van der Waals surface area contributed by atoms with Gasteiger partial charge in [0.05, 0.1) is 18.2 Å². The number of rotatable bonds is 3. The molecule has 0 radical (unpaired) electrons. The van der Waals surface area contributed by atoms with E-state index >= 15 is 0 Å². The van der Waals surface area contributed by atoms with Crippen LogP contribution in [0.25, 0.3) is 0 Å². The molecule has 1 saturated heterocycles. The Bertz CT molecular complexity index is 685. The topological polar surface area (TPSA) is 81.1 Å². The van der Waals surface area contributed by atoms with Crippen molar-refractivity contribution in [3.8, 4) is 0 Å². The van der Waals surface area contributed by atoms with Crippen molar-refractivity contribution in [3.63, 3.8) is 0 Å². The number of aromatic nitrogens is 3. The molecular formula is C16H21N5O2. The van der Waals surface area contributed by atoms with Crippen LogP contribution in [-0.2, 0) is 11.8 Å². The second-order valence-corrected chi connectivity index (χ2v) is 5.79. The first-order valence-corrected chi connectivity index (χ1v) is 7.70. The van der Waals surface area contributed by atoms with Crippen molar-refractivity contribution in [2.75, 3.05) is 11.9 Å². The third-order valence-corrected chi connectivity index (χ3v) is 3.96. The van der Waals surface area contributed by atoms with Gasteiger partial charge in [-0.05, 0) is 31.9 Å². The van der Waals surface area contributed by atoms with Gasteiger partial charge in [0.15, 0.2) is 0 Å². The maximum atomic E-state index is 12.2. The van der Waals surface area contributed by atoms with E-state index in [0.717, 1.165) is 29.9 Å². The van der Waals surface area contributed by atoms with Gasteiger partial charge in [-0.25, -0.2) is 9.78 Å². The zero-order chi connectivity index (χ0) is 16.2. The highest BCUT2D eigenvalue weighted by Gasteiger charge is 2.26. The van der Waals surface area contributed by atoms with E-state index in [1.165, 1.54) is 0 Å². The van der Waals surface area contributed by atoms with Crippen molar-refractivity contribution in [2.45, 2.75) is 31.9 Å². The van der Waals surface area contributed by atoms with Crippen LogP contribution in [0.2, 0.25) is 0 Å². The number of carbonyl (C=O) groups excluding carboxylic acids is 1. The van der Waals surface area contributed by atoms with Gasteiger partial charge in [-0.2, -0.15) is 0 Å². The van der Waals surface area contributed by atoms with E-state index in [2.05, 4.69) is 20.6 Å². The summed E-state index contributed by atoms with van der Waals surface area (Å²) in [6.07, 6.45) is 6.75. The molecule has 7 heteroatoms. The van der Waals surface area contributed by atoms with Gasteiger partial charge in [-0.15, -0.1) is 0 Å². The SMILES string of the molecule is Cc1cc(NC(=O)N[C@@H]2CCO[C@H](c3cncn3C)C2)ccn1. The molecule has 122 valence electrons. The lowest BCUT2D eigenvalue weighted by molar-refractivity contribution is -0.00151. The maximum absolute atomic E-state index is 12.2. The van der Waals surface area contributed by atoms with Gasteiger partial charge in [0.25, 0.3) is 0 Å². The van der Waals surface area contributed by atoms with E-state index < -0.39 is 0 Å². The van der Waals surface area contributed by atoms with Crippen molar-refractivity contribution in [1.29, 1.82) is 0 Å². The highest BCUT2D eigenvalue weighted by atomic mass is 16.5. The quantitative estimate of drug-likeness (QED) is 0.909. The molecule has 2 amide bonds. The highest BCUT2D eigenvalue weighted by molar-refractivity contribution is 5.89. The first-order chi connectivity index (χ1) is 11.1. The largest absolute Gasteiger partial charge is 0.372 e. The van der Waals surface area contributed by atoms with Crippen molar-refractivity contribution in [2.24, 2.45) is 7.05 Å². The number of pyridine rings is 1. The Morgan fingerprint density at radius 1 is 1.48 bits per heavy atom. The number of anilines is 1. The Morgan fingerprint density at radius 2 is 2.35 bits per heavy atom. The molecule has 2 aromatic rings. The van der Waals surface area contributed by atoms with E-state index in [4.69, 9.17) is 4.74 Å². The van der Waals surface area contributed by atoms with Crippen molar-refractivity contribution >= 4 is 11.7 Å². The smallest absolute Gasteiger partial charge is 0.319 e. The van der Waals surface area contributed by atoms with Crippen LogP contribution < -0.4 is 10.6 Å². The van der Waals surface area contributed by atoms with E-state index in [0.29, 0.717) is 6.61 Å². The average Bonchev–Trinajstić information content (AvgIpc) is 2.93. The third-order valence-electron chi connectivity index (χ3n) is 3.96. The lowest BCUT2D eigenvalue weighted by atomic mass is 10.0. The standard InChI is InChI=1S/C16H21N5O2/c1-11-7-12(3-5-18-11)19-16(22)20-13-4-6-23-15(8-13)14-9-17-10-21(14)2/h3,5,7,9-10,13,15H,4,6,8H2,1-2H3,(H2,18,19,20,22)/t13-,15+/m1/s1. The number of nitrogens with one attached hydrogen (secondary N) is 2. The Hall–Kier alpha value is -2.41. The fraction of sp³-hybridized carbons (Fsp3) is 0.438. The van der Waals surface area contributed by atoms with Crippen LogP contribution in [-0.4, -0.2) is 33.2 Å². The second-order valence-electron chi connectivity index (χ2n) is 5.79. The van der Waals surface area contributed by atoms with Gasteiger partial charge in [-0.1, -0.05) is 0 Å². The fourth-order valence-electron chi connectivity index (χ4n) is 2.79. The molecule has 23 heavy (non-hydrogen) atoms. The summed E-state index contributed by atoms with van der Waals surface area (Å²) in [4.78, 5) is 20.4. The number of urea groups is 1. The molecule has 0 aromatic carbocycles. The van der Waals surface area contributed by atoms with E-state index in [1.807, 2.05) is 30.8 Å². The molecular weight excluding hydrogens is 294 g/mol. The van der Waals surface area contributed by atoms with Crippen LogP contribution in [0.5, 0.6) is 0 Å². The van der Waals surface area contributed by atoms with Gasteiger partial charge in [-0.3, -0.25) is 4.98 Å². The van der Waals surface area contributed by atoms with Crippen molar-refractivity contribution in [3.05, 3.63) is 42.2 Å². The minimum absolute atomic E-state index is 0.0373. The van der Waals surface area contributed by atoms with Gasteiger partial charge in [0.2, 0.25) is 0 Å². The summed E-state index contributed by atoms with van der Waals surface area (Å²) >= 11 is 0. The van der Waals surface area contributed by atoms with Gasteiger partial charge >= 0.3 is 6.03 Å². The predicted molar refractivity (Wildman–Crippen MR) is 86.1 cm³/mol. The zero-order valence-electron chi connectivity index (χ0n) is 13.3. The molecule has 2 atom stereocenters. The molecule has 0 aliphatic carbocycles. The molecule has 1 fully saturated rings. The zero-order valence-corrected chi connectivity index (χ0v) is 13.3. The molecule has 3 heterocycles. The molecule has 3 rings (SSSR count). The number of hydrogen-bond acceptors (Lipinski definition) is 4. The number of ether oxygens (including phenoxy) is 1. The number of aryl methyl sites for hydroxylation is 2. The van der Waals surface area contributed by atoms with E-state index in [-0.39, 0.29) is 18.2 Å². The number of carbonyl (C=O) groups is 1. The molecule has 2 N–H and O–H groups in total. The average molecular weight is 315 g/mol. The maximum Gasteiger partial charge on any atom is 0.319 e. The summed E-state index contributed by atoms with van der Waals surface area (Å²) in [6.45, 7) is 2.51. The fourth-order valence-corrected chi connectivity index (χ4v) is 2.79. The third kappa shape index (κ3) is 3.87. The Morgan fingerprint density at radius 3 is 3.09 bits per heavy atom. The van der Waals surface area contributed by atoms with Gasteiger partial charge in [0.1, 0.15) is 6.10 Å². The van der Waals surface area contributed by atoms with Gasteiger partial charge in [0, 0.05) is 37.3 Å². The lowest BCUT2D eigenvalue weighted by Gasteiger charge is -2.30. The second kappa shape index (κ2) is 6.78. The first kappa shape index (κ1) is 15.5.